The van der Waals surface area contributed by atoms with E-state index in [1.807, 2.05) is 13.0 Å². The van der Waals surface area contributed by atoms with E-state index in [0.717, 1.165) is 11.3 Å². The van der Waals surface area contributed by atoms with Gasteiger partial charge in [0, 0.05) is 12.2 Å². The number of hydrogen-bond acceptors (Lipinski definition) is 5. The highest BCUT2D eigenvalue weighted by molar-refractivity contribution is 6.02. The Labute approximate surface area is 116 Å². The van der Waals surface area contributed by atoms with Gasteiger partial charge in [0.1, 0.15) is 5.75 Å². The fourth-order valence-electron chi connectivity index (χ4n) is 1.80. The highest BCUT2D eigenvalue weighted by Gasteiger charge is 2.11. The van der Waals surface area contributed by atoms with Gasteiger partial charge in [-0.1, -0.05) is 5.21 Å². The van der Waals surface area contributed by atoms with Gasteiger partial charge in [-0.2, -0.15) is 0 Å². The van der Waals surface area contributed by atoms with E-state index in [2.05, 4.69) is 15.6 Å². The molecule has 2 rings (SSSR count). The molecule has 1 heterocycles. The van der Waals surface area contributed by atoms with Crippen molar-refractivity contribution in [1.29, 1.82) is 0 Å². The molecule has 0 saturated heterocycles. The summed E-state index contributed by atoms with van der Waals surface area (Å²) in [7, 11) is 1.61. The van der Waals surface area contributed by atoms with Gasteiger partial charge in [0.25, 0.3) is 5.91 Å². The monoisotopic (exact) mass is 275 g/mol. The molecule has 0 aliphatic heterocycles. The molecule has 0 aliphatic carbocycles. The Hall–Kier alpha value is -2.41. The van der Waals surface area contributed by atoms with Gasteiger partial charge in [0.05, 0.1) is 19.9 Å². The summed E-state index contributed by atoms with van der Waals surface area (Å²) in [4.78, 5) is 12.0. The van der Waals surface area contributed by atoms with Gasteiger partial charge in [-0.25, -0.2) is 0 Å². The van der Waals surface area contributed by atoms with Crippen molar-refractivity contribution in [3.8, 4) is 5.75 Å². The fraction of sp³-hybridized carbons (Fsp3) is 0.308. The maximum atomic E-state index is 12.0. The zero-order valence-electron chi connectivity index (χ0n) is 11.5. The molecule has 3 N–H and O–H groups in total. The van der Waals surface area contributed by atoms with Crippen molar-refractivity contribution in [2.24, 2.45) is 5.73 Å². The lowest BCUT2D eigenvalue weighted by molar-refractivity contribution is 0.102. The fourth-order valence-corrected chi connectivity index (χ4v) is 1.80. The van der Waals surface area contributed by atoms with Crippen molar-refractivity contribution < 1.29 is 9.53 Å². The van der Waals surface area contributed by atoms with E-state index in [4.69, 9.17) is 10.5 Å². The van der Waals surface area contributed by atoms with Crippen LogP contribution in [0.25, 0.3) is 0 Å². The summed E-state index contributed by atoms with van der Waals surface area (Å²) in [5.41, 5.74) is 7.29. The predicted octanol–water partition coefficient (Wildman–Crippen LogP) is 0.806. The van der Waals surface area contributed by atoms with Gasteiger partial charge in [0.15, 0.2) is 5.69 Å². The van der Waals surface area contributed by atoms with Gasteiger partial charge in [-0.15, -0.1) is 5.10 Å². The van der Waals surface area contributed by atoms with Gasteiger partial charge in [-0.05, 0) is 30.7 Å². The highest BCUT2D eigenvalue weighted by atomic mass is 16.5. The van der Waals surface area contributed by atoms with Crippen molar-refractivity contribution in [1.82, 2.24) is 15.0 Å². The number of benzene rings is 1. The molecule has 7 nitrogen and oxygen atoms in total. The maximum Gasteiger partial charge on any atom is 0.277 e. The highest BCUT2D eigenvalue weighted by Crippen LogP contribution is 2.21. The quantitative estimate of drug-likeness (QED) is 0.841. The van der Waals surface area contributed by atoms with Gasteiger partial charge < -0.3 is 15.8 Å². The Morgan fingerprint density at radius 1 is 1.50 bits per heavy atom. The normalized spacial score (nSPS) is 10.3. The molecular weight excluding hydrogens is 258 g/mol. The molecular formula is C13H17N5O2. The second-order valence-electron chi connectivity index (χ2n) is 4.29. The average Bonchev–Trinajstić information content (AvgIpc) is 2.88. The van der Waals surface area contributed by atoms with Crippen molar-refractivity contribution in [2.75, 3.05) is 19.0 Å². The summed E-state index contributed by atoms with van der Waals surface area (Å²) in [6.45, 7) is 2.88. The van der Waals surface area contributed by atoms with E-state index in [0.29, 0.717) is 18.8 Å². The van der Waals surface area contributed by atoms with Crippen molar-refractivity contribution in [3.63, 3.8) is 0 Å². The van der Waals surface area contributed by atoms with Crippen LogP contribution in [0.4, 0.5) is 5.69 Å². The smallest absolute Gasteiger partial charge is 0.277 e. The van der Waals surface area contributed by atoms with Crippen LogP contribution in [0.15, 0.2) is 24.4 Å². The van der Waals surface area contributed by atoms with Crippen molar-refractivity contribution in [3.05, 3.63) is 35.7 Å². The minimum absolute atomic E-state index is 0.256. The lowest BCUT2D eigenvalue weighted by atomic mass is 10.2. The Morgan fingerprint density at radius 2 is 2.30 bits per heavy atom. The zero-order valence-corrected chi connectivity index (χ0v) is 11.5. The average molecular weight is 275 g/mol. The summed E-state index contributed by atoms with van der Waals surface area (Å²) < 4.78 is 6.71. The van der Waals surface area contributed by atoms with E-state index in [-0.39, 0.29) is 11.6 Å². The number of nitrogens with one attached hydrogen (secondary N) is 1. The molecule has 1 aromatic heterocycles. The SMILES string of the molecule is COc1ccc(NC(=O)c2cn(CCN)nn2)cc1C. The van der Waals surface area contributed by atoms with E-state index >= 15 is 0 Å². The number of aryl methyl sites for hydroxylation is 1. The molecule has 1 amide bonds. The van der Waals surface area contributed by atoms with Crippen LogP contribution in [-0.4, -0.2) is 34.6 Å². The molecule has 1 aromatic carbocycles. The lowest BCUT2D eigenvalue weighted by Crippen LogP contribution is -2.13. The van der Waals surface area contributed by atoms with Crippen LogP contribution in [0.3, 0.4) is 0 Å². The number of ether oxygens (including phenoxy) is 1. The third-order valence-corrected chi connectivity index (χ3v) is 2.78. The molecule has 0 fully saturated rings. The second kappa shape index (κ2) is 6.16. The third-order valence-electron chi connectivity index (χ3n) is 2.78. The van der Waals surface area contributed by atoms with Crippen LogP contribution in [0.1, 0.15) is 16.1 Å². The number of anilines is 1. The van der Waals surface area contributed by atoms with E-state index in [9.17, 15) is 4.79 Å². The van der Waals surface area contributed by atoms with Crippen LogP contribution in [0.2, 0.25) is 0 Å². The van der Waals surface area contributed by atoms with E-state index in [1.54, 1.807) is 25.4 Å². The summed E-state index contributed by atoms with van der Waals surface area (Å²) in [6, 6.07) is 5.41. The van der Waals surface area contributed by atoms with Gasteiger partial charge >= 0.3 is 0 Å². The van der Waals surface area contributed by atoms with Crippen LogP contribution >= 0.6 is 0 Å². The van der Waals surface area contributed by atoms with Gasteiger partial charge in [0.2, 0.25) is 0 Å². The van der Waals surface area contributed by atoms with Crippen molar-refractivity contribution in [2.45, 2.75) is 13.5 Å². The third kappa shape index (κ3) is 3.12. The number of aromatic nitrogens is 3. The lowest BCUT2D eigenvalue weighted by Gasteiger charge is -2.07. The van der Waals surface area contributed by atoms with Crippen molar-refractivity contribution >= 4 is 11.6 Å². The van der Waals surface area contributed by atoms with E-state index < -0.39 is 0 Å². The standard InChI is InChI=1S/C13H17N5O2/c1-9-7-10(3-4-12(9)20-2)15-13(19)11-8-18(6-5-14)17-16-11/h3-4,7-8H,5-6,14H2,1-2H3,(H,15,19). The van der Waals surface area contributed by atoms with E-state index in [1.165, 1.54) is 4.68 Å². The molecule has 7 heteroatoms. The molecule has 0 saturated carbocycles. The first-order valence-corrected chi connectivity index (χ1v) is 6.20. The Kier molecular flexibility index (Phi) is 4.31. The molecule has 20 heavy (non-hydrogen) atoms. The Balaban J connectivity index is 2.08. The summed E-state index contributed by atoms with van der Waals surface area (Å²) in [5, 5.41) is 10.4. The number of amides is 1. The zero-order chi connectivity index (χ0) is 14.5. The van der Waals surface area contributed by atoms with Crippen LogP contribution in [0.5, 0.6) is 5.75 Å². The number of rotatable bonds is 5. The largest absolute Gasteiger partial charge is 0.496 e. The van der Waals surface area contributed by atoms with Crippen LogP contribution in [-0.2, 0) is 6.54 Å². The molecule has 2 aromatic rings. The number of nitrogens with two attached hydrogens (primary N) is 1. The van der Waals surface area contributed by atoms with Crippen LogP contribution < -0.4 is 15.8 Å². The first-order valence-electron chi connectivity index (χ1n) is 6.20. The first-order chi connectivity index (χ1) is 9.63. The number of hydrogen-bond donors (Lipinski definition) is 2. The minimum Gasteiger partial charge on any atom is -0.496 e. The molecule has 0 radical (unpaired) electrons. The summed E-state index contributed by atoms with van der Waals surface area (Å²) in [5.74, 6) is 0.467. The van der Waals surface area contributed by atoms with Crippen LogP contribution in [0, 0.1) is 6.92 Å². The first kappa shape index (κ1) is 14.0. The molecule has 0 atom stereocenters. The predicted molar refractivity (Wildman–Crippen MR) is 74.8 cm³/mol. The molecule has 0 spiro atoms. The molecule has 0 aliphatic rings. The molecule has 106 valence electrons. The number of carbonyl (C=O) groups excluding carboxylic acids is 1. The number of carbonyl (C=O) groups is 1. The maximum absolute atomic E-state index is 12.0. The molecule has 0 bridgehead atoms. The summed E-state index contributed by atoms with van der Waals surface area (Å²) >= 11 is 0. The summed E-state index contributed by atoms with van der Waals surface area (Å²) in [6.07, 6.45) is 1.57. The second-order valence-corrected chi connectivity index (χ2v) is 4.29. The molecule has 0 unspecified atom stereocenters. The number of methoxy groups -OCH3 is 1. The topological polar surface area (TPSA) is 95.1 Å². The van der Waals surface area contributed by atoms with Gasteiger partial charge in [-0.3, -0.25) is 9.48 Å². The minimum atomic E-state index is -0.308. The Bertz CT molecular complexity index is 609. The number of nitrogens with zero attached hydrogens (tertiary/aromatic N) is 3. The Morgan fingerprint density at radius 3 is 2.95 bits per heavy atom.